The summed E-state index contributed by atoms with van der Waals surface area (Å²) in [6.07, 6.45) is 1.64. The number of aromatic nitrogens is 1. The highest BCUT2D eigenvalue weighted by atomic mass is 32.2. The molecule has 0 fully saturated rings. The normalized spacial score (nSPS) is 13.5. The van der Waals surface area contributed by atoms with Gasteiger partial charge in [0.15, 0.2) is 16.3 Å². The van der Waals surface area contributed by atoms with Crippen LogP contribution in [0.3, 0.4) is 0 Å². The van der Waals surface area contributed by atoms with Gasteiger partial charge in [-0.25, -0.2) is 12.7 Å². The molecule has 0 aliphatic carbocycles. The first kappa shape index (κ1) is 24.9. The maximum absolute atomic E-state index is 12.9. The van der Waals surface area contributed by atoms with Crippen LogP contribution in [0.4, 0.5) is 0 Å². The van der Waals surface area contributed by atoms with E-state index in [0.29, 0.717) is 23.6 Å². The number of carbonyl (C=O) groups is 2. The number of hydrogen-bond acceptors (Lipinski definition) is 8. The van der Waals surface area contributed by atoms with Crippen molar-refractivity contribution in [1.29, 1.82) is 0 Å². The Morgan fingerprint density at radius 2 is 1.86 bits per heavy atom. The number of esters is 1. The van der Waals surface area contributed by atoms with E-state index in [2.05, 4.69) is 4.99 Å². The van der Waals surface area contributed by atoms with Gasteiger partial charge in [0.1, 0.15) is 6.54 Å². The van der Waals surface area contributed by atoms with Crippen LogP contribution in [0, 0.1) is 0 Å². The number of methoxy groups -OCH3 is 1. The molecule has 1 aliphatic rings. The Labute approximate surface area is 206 Å². The van der Waals surface area contributed by atoms with Crippen molar-refractivity contribution in [2.75, 3.05) is 27.5 Å². The average molecular weight is 520 g/mol. The summed E-state index contributed by atoms with van der Waals surface area (Å²) in [5, 5.41) is 0. The van der Waals surface area contributed by atoms with Crippen LogP contribution in [0.5, 0.6) is 11.5 Å². The highest BCUT2D eigenvalue weighted by Gasteiger charge is 2.22. The molecule has 3 aromatic rings. The lowest BCUT2D eigenvalue weighted by atomic mass is 10.2. The Morgan fingerprint density at radius 3 is 2.51 bits per heavy atom. The zero-order chi connectivity index (χ0) is 25.2. The lowest BCUT2D eigenvalue weighted by Gasteiger charge is -2.16. The highest BCUT2D eigenvalue weighted by Crippen LogP contribution is 2.37. The molecule has 0 bridgehead atoms. The van der Waals surface area contributed by atoms with Crippen LogP contribution in [0.2, 0.25) is 0 Å². The third-order valence-corrected chi connectivity index (χ3v) is 8.44. The summed E-state index contributed by atoms with van der Waals surface area (Å²) >= 11 is 1.21. The molecular formula is C23H25N3O7S2. The van der Waals surface area contributed by atoms with Crippen molar-refractivity contribution < 1.29 is 32.2 Å². The third kappa shape index (κ3) is 5.09. The zero-order valence-corrected chi connectivity index (χ0v) is 21.1. The molecule has 4 rings (SSSR count). The van der Waals surface area contributed by atoms with Gasteiger partial charge in [0, 0.05) is 31.3 Å². The quantitative estimate of drug-likeness (QED) is 0.420. The summed E-state index contributed by atoms with van der Waals surface area (Å²) in [6, 6.07) is 9.16. The molecule has 10 nitrogen and oxygen atoms in total. The fourth-order valence-corrected chi connectivity index (χ4v) is 5.74. The van der Waals surface area contributed by atoms with E-state index in [-0.39, 0.29) is 28.6 Å². The average Bonchev–Trinajstić information content (AvgIpc) is 3.44. The van der Waals surface area contributed by atoms with E-state index in [0.717, 1.165) is 17.5 Å². The van der Waals surface area contributed by atoms with E-state index in [4.69, 9.17) is 14.2 Å². The highest BCUT2D eigenvalue weighted by molar-refractivity contribution is 7.89. The molecule has 12 heteroatoms. The predicted octanol–water partition coefficient (Wildman–Crippen LogP) is 2.77. The number of amides is 1. The molecule has 0 N–H and O–H groups in total. The van der Waals surface area contributed by atoms with Crippen molar-refractivity contribution in [3.05, 3.63) is 46.8 Å². The number of unbranched alkanes of at least 4 members (excludes halogenated alkanes) is 1. The predicted molar refractivity (Wildman–Crippen MR) is 129 cm³/mol. The molecule has 0 atom stereocenters. The van der Waals surface area contributed by atoms with Crippen LogP contribution < -0.4 is 14.3 Å². The first-order valence-corrected chi connectivity index (χ1v) is 13.2. The van der Waals surface area contributed by atoms with Crippen molar-refractivity contribution in [2.24, 2.45) is 4.99 Å². The maximum Gasteiger partial charge on any atom is 0.325 e. The number of fused-ring (bicyclic) bond motifs is 2. The minimum absolute atomic E-state index is 0.102. The molecular weight excluding hydrogens is 494 g/mol. The Kier molecular flexibility index (Phi) is 7.24. The van der Waals surface area contributed by atoms with Gasteiger partial charge in [-0.05, 0) is 30.7 Å². The number of rotatable bonds is 8. The van der Waals surface area contributed by atoms with Crippen LogP contribution in [0.1, 0.15) is 30.1 Å². The molecule has 1 amide bonds. The second-order valence-electron chi connectivity index (χ2n) is 7.84. The fraction of sp³-hybridized carbons (Fsp3) is 0.348. The summed E-state index contributed by atoms with van der Waals surface area (Å²) < 4.78 is 44.7. The van der Waals surface area contributed by atoms with Crippen LogP contribution in [0.15, 0.2) is 46.3 Å². The smallest absolute Gasteiger partial charge is 0.325 e. The largest absolute Gasteiger partial charge is 0.468 e. The number of sulfonamides is 1. The SMILES string of the molecule is CCCCN(C)S(=O)(=O)c1ccc(C(=O)N=c2sc3cc4c(cc3n2CC(=O)OC)OCO4)cc1. The Hall–Kier alpha value is -3.22. The third-order valence-electron chi connectivity index (χ3n) is 5.53. The first-order valence-electron chi connectivity index (χ1n) is 10.9. The van der Waals surface area contributed by atoms with E-state index in [1.54, 1.807) is 16.7 Å². The van der Waals surface area contributed by atoms with Gasteiger partial charge in [0.05, 0.1) is 22.2 Å². The summed E-state index contributed by atoms with van der Waals surface area (Å²) in [5.74, 6) is 0.0339. The monoisotopic (exact) mass is 519 g/mol. The topological polar surface area (TPSA) is 117 Å². The molecule has 2 heterocycles. The molecule has 186 valence electrons. The van der Waals surface area contributed by atoms with Gasteiger partial charge in [-0.1, -0.05) is 24.7 Å². The lowest BCUT2D eigenvalue weighted by Crippen LogP contribution is -2.27. The van der Waals surface area contributed by atoms with Gasteiger partial charge in [-0.3, -0.25) is 9.59 Å². The van der Waals surface area contributed by atoms with E-state index >= 15 is 0 Å². The van der Waals surface area contributed by atoms with Crippen molar-refractivity contribution in [2.45, 2.75) is 31.2 Å². The van der Waals surface area contributed by atoms with Crippen molar-refractivity contribution >= 4 is 43.5 Å². The summed E-state index contributed by atoms with van der Waals surface area (Å²) in [7, 11) is -0.828. The van der Waals surface area contributed by atoms with Crippen LogP contribution in [-0.2, 0) is 26.1 Å². The molecule has 1 aliphatic heterocycles. The summed E-state index contributed by atoms with van der Waals surface area (Å²) in [4.78, 5) is 29.6. The van der Waals surface area contributed by atoms with Crippen LogP contribution in [0.25, 0.3) is 10.2 Å². The molecule has 0 saturated carbocycles. The maximum atomic E-state index is 12.9. The lowest BCUT2D eigenvalue weighted by molar-refractivity contribution is -0.141. The van der Waals surface area contributed by atoms with Crippen LogP contribution in [-0.4, -0.2) is 56.7 Å². The molecule has 0 unspecified atom stereocenters. The number of ether oxygens (including phenoxy) is 3. The number of nitrogens with zero attached hydrogens (tertiary/aromatic N) is 3. The van der Waals surface area contributed by atoms with Crippen LogP contribution >= 0.6 is 11.3 Å². The summed E-state index contributed by atoms with van der Waals surface area (Å²) in [5.41, 5.74) is 0.865. The van der Waals surface area contributed by atoms with Crippen molar-refractivity contribution in [3.8, 4) is 11.5 Å². The molecule has 2 aromatic carbocycles. The molecule has 1 aromatic heterocycles. The number of thiazole rings is 1. The number of carbonyl (C=O) groups excluding carboxylic acids is 2. The standard InChI is InChI=1S/C23H25N3O7S2/c1-4-5-10-25(2)35(29,30)16-8-6-15(7-9-16)22(28)24-23-26(13-21(27)31-3)17-11-18-19(33-14-32-18)12-20(17)34-23/h6-9,11-12H,4-5,10,13-14H2,1-3H3. The number of hydrogen-bond donors (Lipinski definition) is 0. The Bertz CT molecular complexity index is 1440. The van der Waals surface area contributed by atoms with Gasteiger partial charge < -0.3 is 18.8 Å². The number of benzene rings is 2. The minimum atomic E-state index is -3.64. The van der Waals surface area contributed by atoms with Gasteiger partial charge in [0.25, 0.3) is 5.91 Å². The fourth-order valence-electron chi connectivity index (χ4n) is 3.49. The zero-order valence-electron chi connectivity index (χ0n) is 19.5. The van der Waals surface area contributed by atoms with Crippen molar-refractivity contribution in [3.63, 3.8) is 0 Å². The van der Waals surface area contributed by atoms with Gasteiger partial charge >= 0.3 is 5.97 Å². The van der Waals surface area contributed by atoms with Gasteiger partial charge in [-0.2, -0.15) is 4.99 Å². The minimum Gasteiger partial charge on any atom is -0.468 e. The van der Waals surface area contributed by atoms with Crippen molar-refractivity contribution in [1.82, 2.24) is 8.87 Å². The molecule has 0 spiro atoms. The molecule has 0 saturated heterocycles. The Morgan fingerprint density at radius 1 is 1.17 bits per heavy atom. The summed E-state index contributed by atoms with van der Waals surface area (Å²) in [6.45, 7) is 2.37. The van der Waals surface area contributed by atoms with E-state index in [1.165, 1.54) is 54.1 Å². The second kappa shape index (κ2) is 10.2. The Balaban J connectivity index is 1.68. The van der Waals surface area contributed by atoms with E-state index in [9.17, 15) is 18.0 Å². The molecule has 35 heavy (non-hydrogen) atoms. The van der Waals surface area contributed by atoms with E-state index in [1.807, 2.05) is 6.92 Å². The first-order chi connectivity index (χ1) is 16.7. The van der Waals surface area contributed by atoms with Gasteiger partial charge in [0.2, 0.25) is 16.8 Å². The molecule has 0 radical (unpaired) electrons. The second-order valence-corrected chi connectivity index (χ2v) is 10.9. The van der Waals surface area contributed by atoms with Gasteiger partial charge in [-0.15, -0.1) is 0 Å². The van der Waals surface area contributed by atoms with E-state index < -0.39 is 21.9 Å².